The Morgan fingerprint density at radius 3 is 2.57 bits per heavy atom. The Balaban J connectivity index is 1.50. The third-order valence-corrected chi connectivity index (χ3v) is 7.79. The van der Waals surface area contributed by atoms with Crippen LogP contribution in [0.4, 0.5) is 0 Å². The predicted molar refractivity (Wildman–Crippen MR) is 142 cm³/mol. The van der Waals surface area contributed by atoms with Gasteiger partial charge in [0.15, 0.2) is 11.5 Å². The number of carbonyl (C=O) groups excluding carboxylic acids is 1. The van der Waals surface area contributed by atoms with Gasteiger partial charge in [-0.2, -0.15) is 5.26 Å². The molecule has 1 aliphatic rings. The van der Waals surface area contributed by atoms with Crippen LogP contribution in [0, 0.1) is 11.3 Å². The van der Waals surface area contributed by atoms with E-state index in [4.69, 9.17) is 47.9 Å². The number of methoxy groups -OCH3 is 2. The molecule has 0 radical (unpaired) electrons. The first-order valence-electron chi connectivity index (χ1n) is 10.9. The number of nitriles is 1. The molecule has 0 saturated heterocycles. The first-order chi connectivity index (χ1) is 17.8. The lowest BCUT2D eigenvalue weighted by atomic mass is 9.83. The van der Waals surface area contributed by atoms with Gasteiger partial charge < -0.3 is 24.7 Å². The molecule has 0 spiro atoms. The number of ether oxygens (including phenoxy) is 4. The fraction of sp³-hybridized carbons (Fsp3) is 0.111. The molecule has 37 heavy (non-hydrogen) atoms. The lowest BCUT2D eigenvalue weighted by molar-refractivity contribution is 0.0740. The molecule has 2 N–H and O–H groups in total. The van der Waals surface area contributed by atoms with E-state index < -0.39 is 11.9 Å². The third kappa shape index (κ3) is 4.42. The molecule has 1 unspecified atom stereocenters. The molecule has 0 aliphatic carbocycles. The Labute approximate surface area is 226 Å². The second-order valence-electron chi connectivity index (χ2n) is 8.01. The molecule has 0 saturated carbocycles. The van der Waals surface area contributed by atoms with Crippen molar-refractivity contribution in [2.24, 2.45) is 5.73 Å². The molecule has 1 aromatic heterocycles. The van der Waals surface area contributed by atoms with Gasteiger partial charge in [-0.15, -0.1) is 11.3 Å². The zero-order chi connectivity index (χ0) is 26.3. The molecule has 0 amide bonds. The van der Waals surface area contributed by atoms with Crippen LogP contribution in [0.2, 0.25) is 10.0 Å². The smallest absolute Gasteiger partial charge is 0.355 e. The molecule has 4 aromatic rings. The van der Waals surface area contributed by atoms with Gasteiger partial charge in [0, 0.05) is 26.7 Å². The second kappa shape index (κ2) is 9.87. The molecule has 1 aliphatic heterocycles. The highest BCUT2D eigenvalue weighted by Gasteiger charge is 2.32. The number of esters is 1. The summed E-state index contributed by atoms with van der Waals surface area (Å²) in [7, 11) is 3.08. The average molecular weight is 553 g/mol. The van der Waals surface area contributed by atoms with Crippen LogP contribution in [0.15, 0.2) is 66.1 Å². The topological polar surface area (TPSA) is 104 Å². The highest BCUT2D eigenvalue weighted by molar-refractivity contribution is 7.21. The third-order valence-electron chi connectivity index (χ3n) is 5.92. The number of carbonyl (C=O) groups is 1. The summed E-state index contributed by atoms with van der Waals surface area (Å²) < 4.78 is 22.9. The van der Waals surface area contributed by atoms with Crippen LogP contribution in [0.1, 0.15) is 26.7 Å². The van der Waals surface area contributed by atoms with Crippen molar-refractivity contribution in [3.05, 3.63) is 92.1 Å². The van der Waals surface area contributed by atoms with E-state index in [0.717, 1.165) is 15.6 Å². The standard InChI is InChI=1S/C27H18Cl2N2O5S/c1-33-19-8-3-13(9-21(19)34-2)23-16-7-5-15(11-20(16)36-26(31)18(23)12-30)35-27(32)25-24(29)17-6-4-14(28)10-22(17)37-25/h3-11,23H,31H2,1-2H3. The van der Waals surface area contributed by atoms with Crippen LogP contribution in [-0.2, 0) is 0 Å². The van der Waals surface area contributed by atoms with Crippen molar-refractivity contribution < 1.29 is 23.7 Å². The summed E-state index contributed by atoms with van der Waals surface area (Å²) in [5.41, 5.74) is 7.80. The quantitative estimate of drug-likeness (QED) is 0.218. The van der Waals surface area contributed by atoms with E-state index in [1.807, 2.05) is 6.07 Å². The molecule has 10 heteroatoms. The summed E-state index contributed by atoms with van der Waals surface area (Å²) in [6.07, 6.45) is 0. The van der Waals surface area contributed by atoms with Crippen molar-refractivity contribution in [1.82, 2.24) is 0 Å². The highest BCUT2D eigenvalue weighted by Crippen LogP contribution is 2.45. The number of nitrogens with two attached hydrogens (primary N) is 1. The van der Waals surface area contributed by atoms with Crippen LogP contribution < -0.4 is 24.7 Å². The van der Waals surface area contributed by atoms with E-state index in [1.54, 1.807) is 55.6 Å². The maximum absolute atomic E-state index is 13.0. The van der Waals surface area contributed by atoms with E-state index >= 15 is 0 Å². The van der Waals surface area contributed by atoms with E-state index in [0.29, 0.717) is 32.9 Å². The zero-order valence-electron chi connectivity index (χ0n) is 19.5. The zero-order valence-corrected chi connectivity index (χ0v) is 21.8. The molecule has 0 fully saturated rings. The molecular weight excluding hydrogens is 535 g/mol. The van der Waals surface area contributed by atoms with Crippen molar-refractivity contribution in [2.45, 2.75) is 5.92 Å². The maximum atomic E-state index is 13.0. The van der Waals surface area contributed by atoms with Crippen molar-refractivity contribution in [1.29, 1.82) is 5.26 Å². The molecule has 7 nitrogen and oxygen atoms in total. The Morgan fingerprint density at radius 1 is 1.05 bits per heavy atom. The first kappa shape index (κ1) is 24.8. The lowest BCUT2D eigenvalue weighted by Crippen LogP contribution is -2.21. The minimum Gasteiger partial charge on any atom is -0.493 e. The second-order valence-corrected chi connectivity index (χ2v) is 9.88. The van der Waals surface area contributed by atoms with Gasteiger partial charge in [0.25, 0.3) is 0 Å². The summed E-state index contributed by atoms with van der Waals surface area (Å²) in [6.45, 7) is 0. The van der Waals surface area contributed by atoms with E-state index in [2.05, 4.69) is 6.07 Å². The minimum absolute atomic E-state index is 0.0392. The predicted octanol–water partition coefficient (Wildman–Crippen LogP) is 6.66. The molecule has 1 atom stereocenters. The summed E-state index contributed by atoms with van der Waals surface area (Å²) in [5, 5.41) is 11.4. The van der Waals surface area contributed by atoms with E-state index in [-0.39, 0.29) is 22.1 Å². The van der Waals surface area contributed by atoms with Crippen molar-refractivity contribution in [3.63, 3.8) is 0 Å². The number of hydrogen-bond acceptors (Lipinski definition) is 8. The fourth-order valence-corrected chi connectivity index (χ4v) is 5.86. The minimum atomic E-state index is -0.615. The summed E-state index contributed by atoms with van der Waals surface area (Å²) in [6, 6.07) is 17.6. The Bertz CT molecular complexity index is 1640. The molecule has 0 bridgehead atoms. The molecule has 186 valence electrons. The van der Waals surface area contributed by atoms with Gasteiger partial charge in [-0.3, -0.25) is 0 Å². The molecule has 3 aromatic carbocycles. The monoisotopic (exact) mass is 552 g/mol. The molecular formula is C27H18Cl2N2O5S. The van der Waals surface area contributed by atoms with Gasteiger partial charge in [-0.1, -0.05) is 41.4 Å². The van der Waals surface area contributed by atoms with Crippen molar-refractivity contribution in [3.8, 4) is 29.1 Å². The summed E-state index contributed by atoms with van der Waals surface area (Å²) >= 11 is 13.7. The van der Waals surface area contributed by atoms with Crippen molar-refractivity contribution in [2.75, 3.05) is 14.2 Å². The average Bonchev–Trinajstić information content (AvgIpc) is 3.22. The van der Waals surface area contributed by atoms with Gasteiger partial charge in [-0.25, -0.2) is 4.79 Å². The molecule has 2 heterocycles. The fourth-order valence-electron chi connectivity index (χ4n) is 4.20. The Morgan fingerprint density at radius 2 is 1.84 bits per heavy atom. The number of hydrogen-bond donors (Lipinski definition) is 1. The number of halogens is 2. The number of thiophene rings is 1. The Kier molecular flexibility index (Phi) is 6.61. The van der Waals surface area contributed by atoms with Crippen LogP contribution in [0.3, 0.4) is 0 Å². The Hall–Kier alpha value is -3.90. The van der Waals surface area contributed by atoms with Gasteiger partial charge in [-0.05, 0) is 35.9 Å². The number of benzene rings is 3. The van der Waals surface area contributed by atoms with Gasteiger partial charge in [0.2, 0.25) is 5.88 Å². The van der Waals surface area contributed by atoms with Crippen LogP contribution in [0.25, 0.3) is 10.1 Å². The maximum Gasteiger partial charge on any atom is 0.355 e. The van der Waals surface area contributed by atoms with E-state index in [9.17, 15) is 10.1 Å². The number of allylic oxidation sites excluding steroid dienone is 1. The van der Waals surface area contributed by atoms with Gasteiger partial charge in [0.05, 0.1) is 25.2 Å². The van der Waals surface area contributed by atoms with Gasteiger partial charge >= 0.3 is 5.97 Å². The van der Waals surface area contributed by atoms with Crippen LogP contribution in [-0.4, -0.2) is 20.2 Å². The van der Waals surface area contributed by atoms with E-state index in [1.165, 1.54) is 18.4 Å². The number of fused-ring (bicyclic) bond motifs is 2. The number of rotatable bonds is 5. The van der Waals surface area contributed by atoms with Crippen LogP contribution >= 0.6 is 34.5 Å². The normalized spacial score (nSPS) is 14.5. The molecule has 5 rings (SSSR count). The SMILES string of the molecule is COc1ccc(C2C(C#N)=C(N)Oc3cc(OC(=O)c4sc5cc(Cl)ccc5c4Cl)ccc32)cc1OC. The first-order valence-corrected chi connectivity index (χ1v) is 12.4. The summed E-state index contributed by atoms with van der Waals surface area (Å²) in [4.78, 5) is 13.2. The highest BCUT2D eigenvalue weighted by atomic mass is 35.5. The van der Waals surface area contributed by atoms with Gasteiger partial charge in [0.1, 0.15) is 28.0 Å². The number of nitrogens with zero attached hydrogens (tertiary/aromatic N) is 1. The lowest BCUT2D eigenvalue weighted by Gasteiger charge is -2.27. The largest absolute Gasteiger partial charge is 0.493 e. The van der Waals surface area contributed by atoms with Crippen LogP contribution in [0.5, 0.6) is 23.0 Å². The summed E-state index contributed by atoms with van der Waals surface area (Å²) in [5.74, 6) is 0.471. The van der Waals surface area contributed by atoms with Crippen molar-refractivity contribution >= 4 is 50.6 Å².